The van der Waals surface area contributed by atoms with Crippen LogP contribution in [0, 0.1) is 0 Å². The summed E-state index contributed by atoms with van der Waals surface area (Å²) in [5, 5.41) is 4.58. The number of aromatic nitrogens is 1. The number of hydrogen-bond acceptors (Lipinski definition) is 4. The van der Waals surface area contributed by atoms with Gasteiger partial charge in [0.25, 0.3) is 0 Å². The first-order chi connectivity index (χ1) is 9.88. The highest BCUT2D eigenvalue weighted by Crippen LogP contribution is 2.28. The van der Waals surface area contributed by atoms with E-state index in [-0.39, 0.29) is 6.10 Å². The molecule has 4 nitrogen and oxygen atoms in total. The molecule has 1 N–H and O–H groups in total. The van der Waals surface area contributed by atoms with E-state index in [1.807, 2.05) is 18.2 Å². The Labute approximate surface area is 118 Å². The summed E-state index contributed by atoms with van der Waals surface area (Å²) < 4.78 is 11.2. The topological polar surface area (TPSA) is 43.4 Å². The second kappa shape index (κ2) is 5.04. The van der Waals surface area contributed by atoms with E-state index in [0.29, 0.717) is 19.3 Å². The van der Waals surface area contributed by atoms with E-state index < -0.39 is 0 Å². The summed E-state index contributed by atoms with van der Waals surface area (Å²) >= 11 is 0. The number of para-hydroxylation sites is 1. The molecule has 1 aliphatic heterocycles. The molecule has 4 rings (SSSR count). The maximum Gasteiger partial charge on any atom is 0.145 e. The summed E-state index contributed by atoms with van der Waals surface area (Å²) in [6.07, 6.45) is 2.76. The lowest BCUT2D eigenvalue weighted by molar-refractivity contribution is -0.0791. The highest BCUT2D eigenvalue weighted by Gasteiger charge is 2.22. The largest absolute Gasteiger partial charge is 0.485 e. The van der Waals surface area contributed by atoms with E-state index in [4.69, 9.17) is 14.5 Å². The summed E-state index contributed by atoms with van der Waals surface area (Å²) in [4.78, 5) is 4.71. The fourth-order valence-corrected chi connectivity index (χ4v) is 2.38. The molecule has 0 spiro atoms. The zero-order valence-corrected chi connectivity index (χ0v) is 11.3. The second-order valence-corrected chi connectivity index (χ2v) is 5.56. The van der Waals surface area contributed by atoms with Gasteiger partial charge in [-0.3, -0.25) is 4.98 Å². The van der Waals surface area contributed by atoms with Crippen molar-refractivity contribution in [1.82, 2.24) is 10.3 Å². The molecule has 2 aromatic rings. The van der Waals surface area contributed by atoms with Crippen LogP contribution in [0.2, 0.25) is 0 Å². The Morgan fingerprint density at radius 3 is 2.85 bits per heavy atom. The molecule has 4 heteroatoms. The van der Waals surface area contributed by atoms with Gasteiger partial charge < -0.3 is 14.8 Å². The molecule has 20 heavy (non-hydrogen) atoms. The molecule has 1 aliphatic carbocycles. The van der Waals surface area contributed by atoms with Gasteiger partial charge in [-0.2, -0.15) is 0 Å². The Hall–Kier alpha value is -1.65. The van der Waals surface area contributed by atoms with Crippen LogP contribution in [0.5, 0.6) is 5.75 Å². The third-order valence-corrected chi connectivity index (χ3v) is 3.78. The SMILES string of the molecule is c1ccc2c(OC3COC3)cc(CNC3CC3)nc2c1. The van der Waals surface area contributed by atoms with Crippen molar-refractivity contribution >= 4 is 10.9 Å². The fourth-order valence-electron chi connectivity index (χ4n) is 2.38. The summed E-state index contributed by atoms with van der Waals surface area (Å²) in [5.41, 5.74) is 2.05. The van der Waals surface area contributed by atoms with E-state index in [9.17, 15) is 0 Å². The fraction of sp³-hybridized carbons (Fsp3) is 0.438. The Bertz CT molecular complexity index is 621. The second-order valence-electron chi connectivity index (χ2n) is 5.56. The van der Waals surface area contributed by atoms with Gasteiger partial charge >= 0.3 is 0 Å². The number of ether oxygens (including phenoxy) is 2. The van der Waals surface area contributed by atoms with Crippen molar-refractivity contribution in [1.29, 1.82) is 0 Å². The average Bonchev–Trinajstić information content (AvgIpc) is 3.24. The Balaban J connectivity index is 1.64. The van der Waals surface area contributed by atoms with Crippen LogP contribution in [0.3, 0.4) is 0 Å². The Morgan fingerprint density at radius 1 is 1.25 bits per heavy atom. The van der Waals surface area contributed by atoms with Crippen LogP contribution < -0.4 is 10.1 Å². The highest BCUT2D eigenvalue weighted by atomic mass is 16.6. The molecule has 1 saturated heterocycles. The van der Waals surface area contributed by atoms with Crippen LogP contribution >= 0.6 is 0 Å². The molecular weight excluding hydrogens is 252 g/mol. The van der Waals surface area contributed by atoms with Crippen LogP contribution in [0.25, 0.3) is 10.9 Å². The maximum absolute atomic E-state index is 6.03. The highest BCUT2D eigenvalue weighted by molar-refractivity contribution is 5.85. The number of fused-ring (bicyclic) bond motifs is 1. The van der Waals surface area contributed by atoms with Gasteiger partial charge in [-0.15, -0.1) is 0 Å². The van der Waals surface area contributed by atoms with Crippen molar-refractivity contribution in [2.24, 2.45) is 0 Å². The predicted molar refractivity (Wildman–Crippen MR) is 76.8 cm³/mol. The van der Waals surface area contributed by atoms with E-state index >= 15 is 0 Å². The molecular formula is C16H18N2O2. The Kier molecular flexibility index (Phi) is 3.05. The summed E-state index contributed by atoms with van der Waals surface area (Å²) in [7, 11) is 0. The van der Waals surface area contributed by atoms with Gasteiger partial charge in [0.05, 0.1) is 24.4 Å². The molecule has 0 atom stereocenters. The van der Waals surface area contributed by atoms with Gasteiger partial charge in [0.15, 0.2) is 0 Å². The van der Waals surface area contributed by atoms with Crippen LogP contribution in [0.15, 0.2) is 30.3 Å². The number of nitrogens with zero attached hydrogens (tertiary/aromatic N) is 1. The first-order valence-corrected chi connectivity index (χ1v) is 7.25. The third kappa shape index (κ3) is 2.49. The summed E-state index contributed by atoms with van der Waals surface area (Å²) in [6, 6.07) is 10.9. The zero-order chi connectivity index (χ0) is 13.4. The van der Waals surface area contributed by atoms with Gasteiger partial charge in [0, 0.05) is 24.0 Å². The van der Waals surface area contributed by atoms with Crippen molar-refractivity contribution in [3.05, 3.63) is 36.0 Å². The summed E-state index contributed by atoms with van der Waals surface area (Å²) in [6.45, 7) is 2.19. The molecule has 0 amide bonds. The molecule has 1 aromatic carbocycles. The Morgan fingerprint density at radius 2 is 2.10 bits per heavy atom. The monoisotopic (exact) mass is 270 g/mol. The number of hydrogen-bond donors (Lipinski definition) is 1. The normalized spacial score (nSPS) is 19.0. The molecule has 1 aromatic heterocycles. The number of benzene rings is 1. The quantitative estimate of drug-likeness (QED) is 0.905. The lowest BCUT2D eigenvalue weighted by Crippen LogP contribution is -2.38. The molecule has 2 fully saturated rings. The number of nitrogens with one attached hydrogen (secondary N) is 1. The van der Waals surface area contributed by atoms with Crippen molar-refractivity contribution in [3.63, 3.8) is 0 Å². The molecule has 0 unspecified atom stereocenters. The molecule has 2 aliphatic rings. The smallest absolute Gasteiger partial charge is 0.145 e. The van der Waals surface area contributed by atoms with Gasteiger partial charge in [-0.1, -0.05) is 12.1 Å². The zero-order valence-electron chi connectivity index (χ0n) is 11.3. The molecule has 0 radical (unpaired) electrons. The minimum absolute atomic E-state index is 0.185. The predicted octanol–water partition coefficient (Wildman–Crippen LogP) is 2.26. The van der Waals surface area contributed by atoms with Gasteiger partial charge in [-0.05, 0) is 25.0 Å². The van der Waals surface area contributed by atoms with E-state index in [1.165, 1.54) is 12.8 Å². The maximum atomic E-state index is 6.03. The van der Waals surface area contributed by atoms with Crippen LogP contribution in [0.1, 0.15) is 18.5 Å². The van der Waals surface area contributed by atoms with Gasteiger partial charge in [0.2, 0.25) is 0 Å². The lowest BCUT2D eigenvalue weighted by atomic mass is 10.1. The molecule has 1 saturated carbocycles. The van der Waals surface area contributed by atoms with Crippen LogP contribution in [0.4, 0.5) is 0 Å². The molecule has 0 bridgehead atoms. The first kappa shape index (κ1) is 12.1. The van der Waals surface area contributed by atoms with Crippen molar-refractivity contribution < 1.29 is 9.47 Å². The van der Waals surface area contributed by atoms with Crippen LogP contribution in [-0.4, -0.2) is 30.3 Å². The third-order valence-electron chi connectivity index (χ3n) is 3.78. The van der Waals surface area contributed by atoms with Crippen LogP contribution in [-0.2, 0) is 11.3 Å². The van der Waals surface area contributed by atoms with E-state index in [1.54, 1.807) is 0 Å². The number of rotatable bonds is 5. The van der Waals surface area contributed by atoms with Crippen molar-refractivity contribution in [2.45, 2.75) is 31.5 Å². The molecule has 104 valence electrons. The minimum atomic E-state index is 0.185. The van der Waals surface area contributed by atoms with E-state index in [0.717, 1.165) is 28.9 Å². The van der Waals surface area contributed by atoms with Gasteiger partial charge in [-0.25, -0.2) is 0 Å². The standard InChI is InChI=1S/C16H18N2O2/c1-2-4-15-14(3-1)16(20-13-9-19-10-13)7-12(18-15)8-17-11-5-6-11/h1-4,7,11,13,17H,5-6,8-10H2. The minimum Gasteiger partial charge on any atom is -0.485 e. The molecule has 2 heterocycles. The lowest BCUT2D eigenvalue weighted by Gasteiger charge is -2.27. The number of pyridine rings is 1. The van der Waals surface area contributed by atoms with E-state index in [2.05, 4.69) is 17.4 Å². The van der Waals surface area contributed by atoms with Gasteiger partial charge in [0.1, 0.15) is 11.9 Å². The average molecular weight is 270 g/mol. The van der Waals surface area contributed by atoms with Crippen molar-refractivity contribution in [3.8, 4) is 5.75 Å². The summed E-state index contributed by atoms with van der Waals surface area (Å²) in [5.74, 6) is 0.927. The first-order valence-electron chi connectivity index (χ1n) is 7.25. The van der Waals surface area contributed by atoms with Crippen molar-refractivity contribution in [2.75, 3.05) is 13.2 Å².